The number of ether oxygens (including phenoxy) is 2. The molecular formula is C65H104NO8P. The number of carbonyl (C=O) groups is 2. The molecule has 0 saturated carbocycles. The second kappa shape index (κ2) is 58.9. The highest BCUT2D eigenvalue weighted by molar-refractivity contribution is 7.47. The molecule has 2 atom stereocenters. The molecule has 0 aliphatic rings. The van der Waals surface area contributed by atoms with Crippen LogP contribution >= 0.6 is 7.82 Å². The van der Waals surface area contributed by atoms with Crippen LogP contribution in [0.1, 0.15) is 206 Å². The third-order valence-electron chi connectivity index (χ3n) is 11.4. The summed E-state index contributed by atoms with van der Waals surface area (Å²) in [5.74, 6) is -0.885. The van der Waals surface area contributed by atoms with Gasteiger partial charge in [-0.05, 0) is 128 Å². The number of nitrogens with two attached hydrogens (primary N) is 1. The van der Waals surface area contributed by atoms with Crippen molar-refractivity contribution in [1.82, 2.24) is 0 Å². The molecule has 0 fully saturated rings. The number of hydrogen-bond donors (Lipinski definition) is 2. The summed E-state index contributed by atoms with van der Waals surface area (Å²) >= 11 is 0. The Bertz CT molecular complexity index is 1780. The van der Waals surface area contributed by atoms with E-state index in [0.29, 0.717) is 12.8 Å². The third kappa shape index (κ3) is 58.7. The maximum atomic E-state index is 12.7. The largest absolute Gasteiger partial charge is 0.472 e. The quantitative estimate of drug-likeness (QED) is 0.0264. The molecule has 0 aromatic rings. The minimum atomic E-state index is -4.41. The van der Waals surface area contributed by atoms with E-state index in [0.717, 1.165) is 141 Å². The number of allylic oxidation sites excluding steroid dienone is 26. The van der Waals surface area contributed by atoms with Crippen LogP contribution in [0.2, 0.25) is 0 Å². The molecule has 3 N–H and O–H groups in total. The van der Waals surface area contributed by atoms with Crippen LogP contribution < -0.4 is 5.73 Å². The molecule has 0 bridgehead atoms. The van der Waals surface area contributed by atoms with Gasteiger partial charge in [0.05, 0.1) is 13.2 Å². The molecular weight excluding hydrogens is 954 g/mol. The molecule has 10 heteroatoms. The topological polar surface area (TPSA) is 134 Å². The lowest BCUT2D eigenvalue weighted by Gasteiger charge is -2.19. The smallest absolute Gasteiger partial charge is 0.462 e. The van der Waals surface area contributed by atoms with Gasteiger partial charge in [0.1, 0.15) is 6.61 Å². The Morgan fingerprint density at radius 3 is 1.09 bits per heavy atom. The van der Waals surface area contributed by atoms with Crippen molar-refractivity contribution in [1.29, 1.82) is 0 Å². The lowest BCUT2D eigenvalue weighted by molar-refractivity contribution is -0.161. The first kappa shape index (κ1) is 70.6. The van der Waals surface area contributed by atoms with Crippen LogP contribution in [0.25, 0.3) is 0 Å². The van der Waals surface area contributed by atoms with E-state index in [1.165, 1.54) is 25.7 Å². The van der Waals surface area contributed by atoms with Gasteiger partial charge >= 0.3 is 19.8 Å². The van der Waals surface area contributed by atoms with E-state index >= 15 is 0 Å². The first-order valence-corrected chi connectivity index (χ1v) is 30.5. The molecule has 0 aromatic carbocycles. The van der Waals surface area contributed by atoms with Crippen LogP contribution in [0.5, 0.6) is 0 Å². The molecule has 0 aliphatic heterocycles. The molecule has 2 unspecified atom stereocenters. The fourth-order valence-corrected chi connectivity index (χ4v) is 7.90. The van der Waals surface area contributed by atoms with Crippen LogP contribution in [-0.2, 0) is 32.7 Å². The van der Waals surface area contributed by atoms with Crippen LogP contribution in [0.3, 0.4) is 0 Å². The molecule has 0 spiro atoms. The molecule has 75 heavy (non-hydrogen) atoms. The molecule has 0 amide bonds. The van der Waals surface area contributed by atoms with Gasteiger partial charge in [-0.3, -0.25) is 18.6 Å². The van der Waals surface area contributed by atoms with Gasteiger partial charge in [0, 0.05) is 19.4 Å². The second-order valence-corrected chi connectivity index (χ2v) is 19.9. The Morgan fingerprint density at radius 2 is 0.733 bits per heavy atom. The van der Waals surface area contributed by atoms with Gasteiger partial charge in [-0.1, -0.05) is 223 Å². The molecule has 0 aliphatic carbocycles. The van der Waals surface area contributed by atoms with E-state index in [2.05, 4.69) is 172 Å². The van der Waals surface area contributed by atoms with Gasteiger partial charge in [-0.15, -0.1) is 0 Å². The SMILES string of the molecule is CC/C=C\C/C=C\C/C=C\C/C=C\C/C=C\C/C=C\C/C=C\C/C=C\C/C=C\C/C=C\CCCCCCC(=O)OC(COC(=O)CCCCCCCC/C=C\C/C=C\C/C=C\CCCCC)COP(=O)(O)OCCN. The summed E-state index contributed by atoms with van der Waals surface area (Å²) < 4.78 is 33.0. The Labute approximate surface area is 458 Å². The number of esters is 2. The van der Waals surface area contributed by atoms with Crippen molar-refractivity contribution in [3.05, 3.63) is 158 Å². The molecule has 0 aromatic heterocycles. The lowest BCUT2D eigenvalue weighted by atomic mass is 10.1. The summed E-state index contributed by atoms with van der Waals surface area (Å²) in [7, 11) is -4.41. The Hall–Kier alpha value is -4.37. The number of carbonyl (C=O) groups excluding carboxylic acids is 2. The molecule has 0 radical (unpaired) electrons. The normalized spacial score (nSPS) is 14.2. The number of phosphoric acid groups is 1. The van der Waals surface area contributed by atoms with Crippen molar-refractivity contribution in [3.63, 3.8) is 0 Å². The summed E-state index contributed by atoms with van der Waals surface area (Å²) in [4.78, 5) is 35.2. The Morgan fingerprint density at radius 1 is 0.413 bits per heavy atom. The van der Waals surface area contributed by atoms with Crippen molar-refractivity contribution < 1.29 is 37.6 Å². The maximum absolute atomic E-state index is 12.7. The molecule has 422 valence electrons. The summed E-state index contributed by atoms with van der Waals surface area (Å²) in [5, 5.41) is 0. The average molecular weight is 1060 g/mol. The van der Waals surface area contributed by atoms with E-state index in [9.17, 15) is 19.0 Å². The average Bonchev–Trinajstić information content (AvgIpc) is 3.40. The highest BCUT2D eigenvalue weighted by Crippen LogP contribution is 2.43. The maximum Gasteiger partial charge on any atom is 0.472 e. The van der Waals surface area contributed by atoms with Crippen molar-refractivity contribution in [2.45, 2.75) is 213 Å². The molecule has 9 nitrogen and oxygen atoms in total. The van der Waals surface area contributed by atoms with E-state index in [-0.39, 0.29) is 32.6 Å². The fraction of sp³-hybridized carbons (Fsp3) is 0.569. The third-order valence-corrected chi connectivity index (χ3v) is 12.4. The first-order chi connectivity index (χ1) is 36.8. The molecule has 0 rings (SSSR count). The van der Waals surface area contributed by atoms with E-state index in [4.69, 9.17) is 24.3 Å². The molecule has 0 saturated heterocycles. The fourth-order valence-electron chi connectivity index (χ4n) is 7.14. The van der Waals surface area contributed by atoms with E-state index in [1.54, 1.807) is 0 Å². The summed E-state index contributed by atoms with van der Waals surface area (Å²) in [5.41, 5.74) is 5.37. The summed E-state index contributed by atoms with van der Waals surface area (Å²) in [6.07, 6.45) is 85.8. The standard InChI is InChI=1S/C65H104NO8P/c1-3-5-7-9-11-13-15-17-19-21-23-24-25-26-27-28-29-30-31-32-33-34-35-36-37-38-40-42-44-46-48-50-52-54-56-58-65(68)74-63(62-73-75(69,70)72-60-59-66)61-71-64(67)57-55-53-51-49-47-45-43-41-39-22-20-18-16-14-12-10-8-6-4-2/h5,7,11-14,17-20,23-24,26-27,29-30,32-33,35-36,38-41,44,46,63H,3-4,6,8-10,15-16,21-22,25,28,31,34,37,42-43,45,47-62,66H2,1-2H3,(H,69,70)/b7-5-,13-11-,14-12-,19-17-,20-18-,24-23-,27-26-,30-29-,33-32-,36-35-,40-38-,41-39-,46-44-. The van der Waals surface area contributed by atoms with Crippen molar-refractivity contribution >= 4 is 19.8 Å². The van der Waals surface area contributed by atoms with Crippen LogP contribution in [-0.4, -0.2) is 49.3 Å². The van der Waals surface area contributed by atoms with Crippen molar-refractivity contribution in [2.24, 2.45) is 5.73 Å². The van der Waals surface area contributed by atoms with Crippen LogP contribution in [0, 0.1) is 0 Å². The van der Waals surface area contributed by atoms with Gasteiger partial charge in [0.15, 0.2) is 6.10 Å². The zero-order valence-corrected chi connectivity index (χ0v) is 47.9. The summed E-state index contributed by atoms with van der Waals surface area (Å²) in [6.45, 7) is 3.53. The second-order valence-electron chi connectivity index (χ2n) is 18.4. The zero-order chi connectivity index (χ0) is 54.5. The lowest BCUT2D eigenvalue weighted by Crippen LogP contribution is -2.29. The number of hydrogen-bond acceptors (Lipinski definition) is 8. The predicted molar refractivity (Wildman–Crippen MR) is 320 cm³/mol. The van der Waals surface area contributed by atoms with Crippen LogP contribution in [0.15, 0.2) is 158 Å². The Balaban J connectivity index is 4.13. The zero-order valence-electron chi connectivity index (χ0n) is 47.0. The minimum absolute atomic E-state index is 0.0378. The predicted octanol–water partition coefficient (Wildman–Crippen LogP) is 18.5. The number of phosphoric ester groups is 1. The van der Waals surface area contributed by atoms with E-state index in [1.807, 2.05) is 0 Å². The van der Waals surface area contributed by atoms with E-state index < -0.39 is 32.5 Å². The van der Waals surface area contributed by atoms with Gasteiger partial charge in [0.2, 0.25) is 0 Å². The monoisotopic (exact) mass is 1060 g/mol. The van der Waals surface area contributed by atoms with Gasteiger partial charge < -0.3 is 20.1 Å². The van der Waals surface area contributed by atoms with Crippen LogP contribution in [0.4, 0.5) is 0 Å². The number of unbranched alkanes of at least 4 members (excludes halogenated alkanes) is 13. The van der Waals surface area contributed by atoms with Crippen molar-refractivity contribution in [2.75, 3.05) is 26.4 Å². The molecule has 0 heterocycles. The van der Waals surface area contributed by atoms with Gasteiger partial charge in [-0.2, -0.15) is 0 Å². The van der Waals surface area contributed by atoms with Crippen molar-refractivity contribution in [3.8, 4) is 0 Å². The number of rotatable bonds is 52. The van der Waals surface area contributed by atoms with Gasteiger partial charge in [-0.25, -0.2) is 4.57 Å². The highest BCUT2D eigenvalue weighted by atomic mass is 31.2. The highest BCUT2D eigenvalue weighted by Gasteiger charge is 2.26. The first-order valence-electron chi connectivity index (χ1n) is 29.0. The Kier molecular flexibility index (Phi) is 55.5. The van der Waals surface area contributed by atoms with Gasteiger partial charge in [0.25, 0.3) is 0 Å². The summed E-state index contributed by atoms with van der Waals surface area (Å²) in [6, 6.07) is 0. The minimum Gasteiger partial charge on any atom is -0.462 e.